The molecule has 1 saturated carbocycles. The van der Waals surface area contributed by atoms with Crippen LogP contribution in [0.25, 0.3) is 0 Å². The van der Waals surface area contributed by atoms with Crippen molar-refractivity contribution in [2.75, 3.05) is 18.4 Å². The zero-order valence-electron chi connectivity index (χ0n) is 12.7. The number of hydrogen-bond acceptors (Lipinski definition) is 5. The first-order valence-electron chi connectivity index (χ1n) is 8.18. The Morgan fingerprint density at radius 2 is 2.10 bits per heavy atom. The number of aromatic nitrogens is 2. The van der Waals surface area contributed by atoms with Crippen LogP contribution in [0.4, 0.5) is 5.13 Å². The summed E-state index contributed by atoms with van der Waals surface area (Å²) in [5, 5.41) is 12.7. The number of likely N-dealkylation sites (tertiary alicyclic amines) is 1. The third-order valence-corrected chi connectivity index (χ3v) is 5.51. The van der Waals surface area contributed by atoms with E-state index in [9.17, 15) is 4.79 Å². The molecule has 1 atom stereocenters. The molecular formula is C15H24N4OS. The van der Waals surface area contributed by atoms with E-state index in [1.165, 1.54) is 37.0 Å². The van der Waals surface area contributed by atoms with Crippen molar-refractivity contribution in [3.63, 3.8) is 0 Å². The lowest BCUT2D eigenvalue weighted by Crippen LogP contribution is -2.39. The minimum absolute atomic E-state index is 0.0893. The second kappa shape index (κ2) is 6.73. The smallest absolute Gasteiger partial charge is 0.285 e. The Morgan fingerprint density at radius 1 is 1.29 bits per heavy atom. The van der Waals surface area contributed by atoms with Crippen LogP contribution in [0.2, 0.25) is 0 Å². The molecule has 0 bridgehead atoms. The van der Waals surface area contributed by atoms with Crippen LogP contribution < -0.4 is 5.32 Å². The zero-order chi connectivity index (χ0) is 14.7. The molecule has 3 rings (SSSR count). The van der Waals surface area contributed by atoms with Gasteiger partial charge in [0.05, 0.1) is 0 Å². The molecule has 0 radical (unpaired) electrons. The Balaban J connectivity index is 1.67. The summed E-state index contributed by atoms with van der Waals surface area (Å²) in [6, 6.07) is 0.441. The van der Waals surface area contributed by atoms with Crippen molar-refractivity contribution in [3.05, 3.63) is 5.01 Å². The van der Waals surface area contributed by atoms with Gasteiger partial charge < -0.3 is 10.2 Å². The molecule has 2 heterocycles. The number of nitrogens with one attached hydrogen (secondary N) is 1. The van der Waals surface area contributed by atoms with Crippen molar-refractivity contribution in [2.24, 2.45) is 5.92 Å². The zero-order valence-corrected chi connectivity index (χ0v) is 13.5. The first kappa shape index (κ1) is 14.8. The summed E-state index contributed by atoms with van der Waals surface area (Å²) >= 11 is 1.39. The van der Waals surface area contributed by atoms with E-state index in [-0.39, 0.29) is 5.91 Å². The molecular weight excluding hydrogens is 284 g/mol. The Morgan fingerprint density at radius 3 is 2.86 bits per heavy atom. The molecule has 116 valence electrons. The third-order valence-electron chi connectivity index (χ3n) is 4.64. The summed E-state index contributed by atoms with van der Waals surface area (Å²) in [6.45, 7) is 3.87. The summed E-state index contributed by atoms with van der Waals surface area (Å²) < 4.78 is 0. The van der Waals surface area contributed by atoms with Gasteiger partial charge in [0.2, 0.25) is 10.1 Å². The van der Waals surface area contributed by atoms with E-state index in [2.05, 4.69) is 27.3 Å². The molecule has 1 aliphatic heterocycles. The maximum Gasteiger partial charge on any atom is 0.285 e. The van der Waals surface area contributed by atoms with Crippen molar-refractivity contribution in [2.45, 2.75) is 57.9 Å². The standard InChI is InChI=1S/C15H24N4OS/c1-2-9-16-15-18-17-13(21-15)14(20)19-10-5-8-12(19)11-6-3-4-7-11/h11-12H,2-10H2,1H3,(H,16,18). The minimum Gasteiger partial charge on any atom is -0.360 e. The van der Waals surface area contributed by atoms with E-state index in [0.717, 1.165) is 37.5 Å². The van der Waals surface area contributed by atoms with Crippen molar-refractivity contribution < 1.29 is 4.79 Å². The van der Waals surface area contributed by atoms with Crippen LogP contribution >= 0.6 is 11.3 Å². The van der Waals surface area contributed by atoms with Gasteiger partial charge in [0.15, 0.2) is 0 Å². The largest absolute Gasteiger partial charge is 0.360 e. The van der Waals surface area contributed by atoms with E-state index >= 15 is 0 Å². The highest BCUT2D eigenvalue weighted by Gasteiger charge is 2.37. The lowest BCUT2D eigenvalue weighted by atomic mass is 9.96. The van der Waals surface area contributed by atoms with Gasteiger partial charge in [0.25, 0.3) is 5.91 Å². The summed E-state index contributed by atoms with van der Waals surface area (Å²) in [7, 11) is 0. The Bertz CT molecular complexity index is 484. The number of carbonyl (C=O) groups excluding carboxylic acids is 1. The van der Waals surface area contributed by atoms with Gasteiger partial charge in [-0.2, -0.15) is 0 Å². The molecule has 2 aliphatic rings. The number of anilines is 1. The maximum absolute atomic E-state index is 12.7. The van der Waals surface area contributed by atoms with Gasteiger partial charge in [0, 0.05) is 19.1 Å². The Kier molecular flexibility index (Phi) is 4.73. The van der Waals surface area contributed by atoms with Crippen LogP contribution in [0.15, 0.2) is 0 Å². The van der Waals surface area contributed by atoms with Gasteiger partial charge in [0.1, 0.15) is 0 Å². The summed E-state index contributed by atoms with van der Waals surface area (Å²) in [4.78, 5) is 14.8. The summed E-state index contributed by atoms with van der Waals surface area (Å²) in [5.41, 5.74) is 0. The molecule has 1 N–H and O–H groups in total. The molecule has 1 aliphatic carbocycles. The first-order valence-corrected chi connectivity index (χ1v) is 8.99. The van der Waals surface area contributed by atoms with Crippen LogP contribution in [-0.2, 0) is 0 Å². The fourth-order valence-corrected chi connectivity index (χ4v) is 4.34. The van der Waals surface area contributed by atoms with Crippen LogP contribution in [0.1, 0.15) is 61.7 Å². The van der Waals surface area contributed by atoms with Crippen LogP contribution in [0.3, 0.4) is 0 Å². The Hall–Kier alpha value is -1.17. The molecule has 1 aromatic heterocycles. The van der Waals surface area contributed by atoms with Gasteiger partial charge in [-0.1, -0.05) is 31.1 Å². The monoisotopic (exact) mass is 308 g/mol. The molecule has 5 nitrogen and oxygen atoms in total. The highest BCUT2D eigenvalue weighted by molar-refractivity contribution is 7.17. The average Bonchev–Trinajstić information content (AvgIpc) is 3.23. The normalized spacial score (nSPS) is 22.9. The summed E-state index contributed by atoms with van der Waals surface area (Å²) in [5.74, 6) is 0.800. The quantitative estimate of drug-likeness (QED) is 0.908. The van der Waals surface area contributed by atoms with Gasteiger partial charge >= 0.3 is 0 Å². The van der Waals surface area contributed by atoms with E-state index in [1.54, 1.807) is 0 Å². The van der Waals surface area contributed by atoms with Gasteiger partial charge in [-0.05, 0) is 38.0 Å². The van der Waals surface area contributed by atoms with Crippen LogP contribution in [-0.4, -0.2) is 40.1 Å². The van der Waals surface area contributed by atoms with Crippen molar-refractivity contribution >= 4 is 22.4 Å². The second-order valence-electron chi connectivity index (χ2n) is 6.09. The minimum atomic E-state index is 0.0893. The maximum atomic E-state index is 12.7. The predicted molar refractivity (Wildman–Crippen MR) is 84.7 cm³/mol. The molecule has 1 saturated heterocycles. The summed E-state index contributed by atoms with van der Waals surface area (Å²) in [6.07, 6.45) is 8.56. The number of nitrogens with zero attached hydrogens (tertiary/aromatic N) is 3. The molecule has 1 aromatic rings. The average molecular weight is 308 g/mol. The van der Waals surface area contributed by atoms with Crippen LogP contribution in [0, 0.1) is 5.92 Å². The van der Waals surface area contributed by atoms with Gasteiger partial charge in [-0.3, -0.25) is 4.79 Å². The predicted octanol–water partition coefficient (Wildman–Crippen LogP) is 3.15. The Labute approximate surface area is 130 Å². The SMILES string of the molecule is CCCNc1nnc(C(=O)N2CCCC2C2CCCC2)s1. The number of rotatable bonds is 5. The molecule has 6 heteroatoms. The number of amides is 1. The van der Waals surface area contributed by atoms with Crippen molar-refractivity contribution in [1.82, 2.24) is 15.1 Å². The molecule has 0 spiro atoms. The molecule has 21 heavy (non-hydrogen) atoms. The van der Waals surface area contributed by atoms with Crippen molar-refractivity contribution in [3.8, 4) is 0 Å². The fourth-order valence-electron chi connectivity index (χ4n) is 3.61. The number of carbonyl (C=O) groups is 1. The van der Waals surface area contributed by atoms with E-state index < -0.39 is 0 Å². The van der Waals surface area contributed by atoms with Crippen molar-refractivity contribution in [1.29, 1.82) is 0 Å². The van der Waals surface area contributed by atoms with E-state index in [1.807, 2.05) is 0 Å². The molecule has 1 unspecified atom stereocenters. The lowest BCUT2D eigenvalue weighted by molar-refractivity contribution is 0.0688. The molecule has 2 fully saturated rings. The van der Waals surface area contributed by atoms with Gasteiger partial charge in [-0.25, -0.2) is 0 Å². The van der Waals surface area contributed by atoms with E-state index in [4.69, 9.17) is 0 Å². The molecule has 1 amide bonds. The highest BCUT2D eigenvalue weighted by atomic mass is 32.1. The van der Waals surface area contributed by atoms with E-state index in [0.29, 0.717) is 17.0 Å². The number of hydrogen-bond donors (Lipinski definition) is 1. The third kappa shape index (κ3) is 3.20. The van der Waals surface area contributed by atoms with Gasteiger partial charge in [-0.15, -0.1) is 10.2 Å². The molecule has 0 aromatic carbocycles. The lowest BCUT2D eigenvalue weighted by Gasteiger charge is -2.28. The second-order valence-corrected chi connectivity index (χ2v) is 7.07. The highest BCUT2D eigenvalue weighted by Crippen LogP contribution is 2.36. The first-order chi connectivity index (χ1) is 10.3. The van der Waals surface area contributed by atoms with Crippen LogP contribution in [0.5, 0.6) is 0 Å². The topological polar surface area (TPSA) is 58.1 Å². The fraction of sp³-hybridized carbons (Fsp3) is 0.800.